The molecule has 118 valence electrons. The molecule has 3 aromatic rings. The van der Waals surface area contributed by atoms with Crippen LogP contribution in [0.5, 0.6) is 0 Å². The van der Waals surface area contributed by atoms with Gasteiger partial charge in [-0.3, -0.25) is 9.48 Å². The average Bonchev–Trinajstić information content (AvgIpc) is 2.74. The molecule has 0 N–H and O–H groups in total. The van der Waals surface area contributed by atoms with Crippen LogP contribution >= 0.6 is 11.8 Å². The molecule has 0 unspecified atom stereocenters. The summed E-state index contributed by atoms with van der Waals surface area (Å²) in [5.41, 5.74) is 2.03. The lowest BCUT2D eigenvalue weighted by atomic mass is 10.2. The minimum atomic E-state index is -0.415. The molecule has 0 saturated carbocycles. The van der Waals surface area contributed by atoms with Crippen LogP contribution in [0.15, 0.2) is 63.1 Å². The van der Waals surface area contributed by atoms with Crippen molar-refractivity contribution in [3.63, 3.8) is 0 Å². The fourth-order valence-electron chi connectivity index (χ4n) is 2.42. The van der Waals surface area contributed by atoms with E-state index in [1.54, 1.807) is 29.9 Å². The third-order valence-electron chi connectivity index (χ3n) is 3.82. The number of halogens is 1. The van der Waals surface area contributed by atoms with Gasteiger partial charge in [0, 0.05) is 11.9 Å². The number of hydrogen-bond acceptors (Lipinski definition) is 2. The lowest BCUT2D eigenvalue weighted by molar-refractivity contribution is 0.570. The first-order chi connectivity index (χ1) is 11.0. The molecule has 0 saturated heterocycles. The van der Waals surface area contributed by atoms with Crippen LogP contribution in [0.4, 0.5) is 4.39 Å². The molecule has 3 nitrogen and oxygen atoms in total. The van der Waals surface area contributed by atoms with Crippen LogP contribution in [-0.2, 0) is 7.05 Å². The van der Waals surface area contributed by atoms with Crippen molar-refractivity contribution in [3.05, 3.63) is 76.0 Å². The van der Waals surface area contributed by atoms with Gasteiger partial charge in [0.05, 0.1) is 5.69 Å². The van der Waals surface area contributed by atoms with Crippen LogP contribution in [0.1, 0.15) is 11.3 Å². The first-order valence-corrected chi connectivity index (χ1v) is 8.08. The van der Waals surface area contributed by atoms with Gasteiger partial charge in [0.25, 0.3) is 5.56 Å². The predicted octanol–water partition coefficient (Wildman–Crippen LogP) is 4.08. The maximum Gasteiger partial charge on any atom is 0.285 e. The van der Waals surface area contributed by atoms with Gasteiger partial charge in [0.2, 0.25) is 0 Å². The molecule has 1 heterocycles. The molecule has 0 spiro atoms. The van der Waals surface area contributed by atoms with Crippen molar-refractivity contribution in [2.75, 3.05) is 0 Å². The van der Waals surface area contributed by atoms with Crippen LogP contribution in [0.2, 0.25) is 0 Å². The summed E-state index contributed by atoms with van der Waals surface area (Å²) < 4.78 is 17.1. The lowest BCUT2D eigenvalue weighted by Crippen LogP contribution is -2.21. The SMILES string of the molecule is Cc1ccc(Sc2c(C)n(C)n(-c3ccccc3F)c2=O)cc1. The molecule has 0 atom stereocenters. The van der Waals surface area contributed by atoms with E-state index in [9.17, 15) is 9.18 Å². The Hall–Kier alpha value is -2.27. The first kappa shape index (κ1) is 15.6. The third kappa shape index (κ3) is 2.84. The molecule has 0 bridgehead atoms. The highest BCUT2D eigenvalue weighted by atomic mass is 32.2. The van der Waals surface area contributed by atoms with Crippen molar-refractivity contribution < 1.29 is 4.39 Å². The molecule has 0 aliphatic carbocycles. The summed E-state index contributed by atoms with van der Waals surface area (Å²) in [4.78, 5) is 14.4. The van der Waals surface area contributed by atoms with Crippen LogP contribution in [-0.4, -0.2) is 9.36 Å². The zero-order valence-corrected chi connectivity index (χ0v) is 14.0. The molecule has 3 rings (SSSR count). The zero-order chi connectivity index (χ0) is 16.6. The van der Waals surface area contributed by atoms with E-state index >= 15 is 0 Å². The Balaban J connectivity index is 2.10. The minimum absolute atomic E-state index is 0.208. The number of benzene rings is 2. The van der Waals surface area contributed by atoms with Gasteiger partial charge >= 0.3 is 0 Å². The van der Waals surface area contributed by atoms with Crippen LogP contribution in [0, 0.1) is 19.7 Å². The van der Waals surface area contributed by atoms with E-state index in [4.69, 9.17) is 0 Å². The van der Waals surface area contributed by atoms with Crippen LogP contribution < -0.4 is 5.56 Å². The summed E-state index contributed by atoms with van der Waals surface area (Å²) in [5.74, 6) is -0.415. The summed E-state index contributed by atoms with van der Waals surface area (Å²) in [6.07, 6.45) is 0. The number of rotatable bonds is 3. The molecular weight excluding hydrogens is 311 g/mol. The fraction of sp³-hybridized carbons (Fsp3) is 0.167. The van der Waals surface area contributed by atoms with Crippen LogP contribution in [0.25, 0.3) is 5.69 Å². The van der Waals surface area contributed by atoms with E-state index in [-0.39, 0.29) is 11.2 Å². The summed E-state index contributed by atoms with van der Waals surface area (Å²) in [6, 6.07) is 14.3. The van der Waals surface area contributed by atoms with Gasteiger partial charge < -0.3 is 0 Å². The molecule has 0 fully saturated rings. The second kappa shape index (κ2) is 6.08. The Bertz CT molecular complexity index is 910. The second-order valence-electron chi connectivity index (χ2n) is 5.42. The summed E-state index contributed by atoms with van der Waals surface area (Å²) in [7, 11) is 1.77. The molecule has 23 heavy (non-hydrogen) atoms. The van der Waals surface area contributed by atoms with Gasteiger partial charge in [0.15, 0.2) is 0 Å². The second-order valence-corrected chi connectivity index (χ2v) is 6.51. The number of para-hydroxylation sites is 1. The van der Waals surface area contributed by atoms with Gasteiger partial charge in [0.1, 0.15) is 16.4 Å². The molecular formula is C18H17FN2OS. The quantitative estimate of drug-likeness (QED) is 0.724. The predicted molar refractivity (Wildman–Crippen MR) is 91.0 cm³/mol. The third-order valence-corrected chi connectivity index (χ3v) is 5.00. The van der Waals surface area contributed by atoms with Crippen molar-refractivity contribution in [2.45, 2.75) is 23.6 Å². The summed E-state index contributed by atoms with van der Waals surface area (Å²) in [5, 5.41) is 0. The van der Waals surface area contributed by atoms with E-state index in [2.05, 4.69) is 0 Å². The van der Waals surface area contributed by atoms with Crippen molar-refractivity contribution in [1.29, 1.82) is 0 Å². The molecule has 0 aliphatic heterocycles. The van der Waals surface area contributed by atoms with Gasteiger partial charge in [-0.2, -0.15) is 0 Å². The van der Waals surface area contributed by atoms with E-state index in [0.29, 0.717) is 4.90 Å². The van der Waals surface area contributed by atoms with E-state index in [1.165, 1.54) is 28.1 Å². The van der Waals surface area contributed by atoms with Gasteiger partial charge in [-0.15, -0.1) is 0 Å². The number of nitrogens with zero attached hydrogens (tertiary/aromatic N) is 2. The molecule has 0 radical (unpaired) electrons. The Morgan fingerprint density at radius 2 is 1.65 bits per heavy atom. The standard InChI is InChI=1S/C18H17FN2OS/c1-12-8-10-14(11-9-12)23-17-13(2)20(3)21(18(17)22)16-7-5-4-6-15(16)19/h4-11H,1-3H3. The zero-order valence-electron chi connectivity index (χ0n) is 13.2. The molecule has 5 heteroatoms. The van der Waals surface area contributed by atoms with Crippen molar-refractivity contribution in [3.8, 4) is 5.69 Å². The van der Waals surface area contributed by atoms with Gasteiger partial charge in [-0.05, 0) is 38.1 Å². The Kier molecular flexibility index (Phi) is 4.13. The van der Waals surface area contributed by atoms with Crippen molar-refractivity contribution >= 4 is 11.8 Å². The van der Waals surface area contributed by atoms with Crippen molar-refractivity contribution in [2.24, 2.45) is 7.05 Å². The summed E-state index contributed by atoms with van der Waals surface area (Å²) in [6.45, 7) is 3.89. The molecule has 0 aliphatic rings. The number of aryl methyl sites for hydroxylation is 1. The number of aromatic nitrogens is 2. The van der Waals surface area contributed by atoms with Gasteiger partial charge in [-0.25, -0.2) is 9.07 Å². The van der Waals surface area contributed by atoms with E-state index in [0.717, 1.165) is 10.6 Å². The maximum absolute atomic E-state index is 14.1. The Morgan fingerprint density at radius 3 is 2.30 bits per heavy atom. The summed E-state index contributed by atoms with van der Waals surface area (Å²) >= 11 is 1.41. The normalized spacial score (nSPS) is 11.0. The smallest absolute Gasteiger partial charge is 0.284 e. The van der Waals surface area contributed by atoms with Crippen molar-refractivity contribution in [1.82, 2.24) is 9.36 Å². The average molecular weight is 328 g/mol. The number of hydrogen-bond donors (Lipinski definition) is 0. The monoisotopic (exact) mass is 328 g/mol. The van der Waals surface area contributed by atoms with Crippen LogP contribution in [0.3, 0.4) is 0 Å². The molecule has 0 amide bonds. The lowest BCUT2D eigenvalue weighted by Gasteiger charge is -2.08. The van der Waals surface area contributed by atoms with Gasteiger partial charge in [-0.1, -0.05) is 41.6 Å². The first-order valence-electron chi connectivity index (χ1n) is 7.27. The minimum Gasteiger partial charge on any atom is -0.284 e. The highest BCUT2D eigenvalue weighted by molar-refractivity contribution is 7.99. The Morgan fingerprint density at radius 1 is 1.00 bits per heavy atom. The fourth-order valence-corrected chi connectivity index (χ4v) is 3.38. The molecule has 1 aromatic heterocycles. The highest BCUT2D eigenvalue weighted by Crippen LogP contribution is 2.28. The van der Waals surface area contributed by atoms with E-state index < -0.39 is 5.82 Å². The Labute approximate surface area is 138 Å². The molecule has 2 aromatic carbocycles. The largest absolute Gasteiger partial charge is 0.285 e. The van der Waals surface area contributed by atoms with E-state index in [1.807, 2.05) is 38.1 Å². The highest BCUT2D eigenvalue weighted by Gasteiger charge is 2.18. The maximum atomic E-state index is 14.1. The topological polar surface area (TPSA) is 26.9 Å².